The van der Waals surface area contributed by atoms with E-state index in [1.807, 2.05) is 6.92 Å². The molecule has 4 nitrogen and oxygen atoms in total. The smallest absolute Gasteiger partial charge is 0.218 e. The summed E-state index contributed by atoms with van der Waals surface area (Å²) in [6.07, 6.45) is 3.12. The van der Waals surface area contributed by atoms with Crippen molar-refractivity contribution in [2.24, 2.45) is 0 Å². The van der Waals surface area contributed by atoms with E-state index in [0.717, 1.165) is 19.3 Å². The summed E-state index contributed by atoms with van der Waals surface area (Å²) in [6.45, 7) is 3.53. The van der Waals surface area contributed by atoms with E-state index in [0.29, 0.717) is 0 Å². The molecule has 0 aromatic rings. The third-order valence-corrected chi connectivity index (χ3v) is 2.44. The van der Waals surface area contributed by atoms with Gasteiger partial charge in [0.05, 0.1) is 6.10 Å². The molecule has 0 saturated carbocycles. The molecule has 0 unspecified atom stereocenters. The second-order valence-electron chi connectivity index (χ2n) is 3.77. The van der Waals surface area contributed by atoms with Gasteiger partial charge in [0.25, 0.3) is 0 Å². The maximum absolute atomic E-state index is 10.9. The second-order valence-corrected chi connectivity index (χ2v) is 3.77. The van der Waals surface area contributed by atoms with Crippen LogP contribution in [0.2, 0.25) is 0 Å². The van der Waals surface area contributed by atoms with Gasteiger partial charge in [0.2, 0.25) is 5.91 Å². The van der Waals surface area contributed by atoms with Crippen LogP contribution in [0.15, 0.2) is 0 Å². The number of hydrogen-bond acceptors (Lipinski definition) is 3. The first-order valence-corrected chi connectivity index (χ1v) is 5.09. The Labute approximate surface area is 85.0 Å². The van der Waals surface area contributed by atoms with E-state index in [1.165, 1.54) is 6.92 Å². The standard InChI is InChI=1S/C10H19NO3/c1-7-5-4-6-9(14-7)10(13-3)11-8(2)12/h7,9-10H,4-6H2,1-3H3,(H,11,12)/t7-,9-,10-/m0/s1. The fourth-order valence-electron chi connectivity index (χ4n) is 1.77. The average Bonchev–Trinajstić information content (AvgIpc) is 2.14. The fourth-order valence-corrected chi connectivity index (χ4v) is 1.77. The lowest BCUT2D eigenvalue weighted by Crippen LogP contribution is -2.47. The van der Waals surface area contributed by atoms with Gasteiger partial charge in [-0.2, -0.15) is 0 Å². The Morgan fingerprint density at radius 1 is 1.57 bits per heavy atom. The molecule has 1 aliphatic rings. The van der Waals surface area contributed by atoms with Gasteiger partial charge >= 0.3 is 0 Å². The van der Waals surface area contributed by atoms with E-state index < -0.39 is 0 Å². The normalized spacial score (nSPS) is 29.6. The molecule has 4 heteroatoms. The van der Waals surface area contributed by atoms with Crippen LogP contribution in [0.1, 0.15) is 33.1 Å². The molecule has 3 atom stereocenters. The Morgan fingerprint density at radius 2 is 2.29 bits per heavy atom. The minimum atomic E-state index is -0.310. The predicted octanol–water partition coefficient (Wildman–Crippen LogP) is 1.05. The van der Waals surface area contributed by atoms with Gasteiger partial charge in [-0.3, -0.25) is 4.79 Å². The topological polar surface area (TPSA) is 47.6 Å². The van der Waals surface area contributed by atoms with E-state index in [9.17, 15) is 4.79 Å². The van der Waals surface area contributed by atoms with Crippen LogP contribution in [0, 0.1) is 0 Å². The van der Waals surface area contributed by atoms with Crippen molar-refractivity contribution >= 4 is 5.91 Å². The molecule has 0 aliphatic carbocycles. The Morgan fingerprint density at radius 3 is 2.79 bits per heavy atom. The number of carbonyl (C=O) groups is 1. The van der Waals surface area contributed by atoms with Gasteiger partial charge in [-0.25, -0.2) is 0 Å². The molecule has 0 aromatic carbocycles. The molecule has 1 rings (SSSR count). The van der Waals surface area contributed by atoms with E-state index in [4.69, 9.17) is 9.47 Å². The number of hydrogen-bond donors (Lipinski definition) is 1. The number of amides is 1. The first-order chi connectivity index (χ1) is 6.63. The van der Waals surface area contributed by atoms with Crippen LogP contribution in [0.3, 0.4) is 0 Å². The van der Waals surface area contributed by atoms with E-state index in [2.05, 4.69) is 5.32 Å². The lowest BCUT2D eigenvalue weighted by Gasteiger charge is -2.33. The summed E-state index contributed by atoms with van der Waals surface area (Å²) in [5.41, 5.74) is 0. The Kier molecular flexibility index (Phi) is 4.35. The molecule has 0 spiro atoms. The first kappa shape index (κ1) is 11.5. The number of carbonyl (C=O) groups excluding carboxylic acids is 1. The SMILES string of the molecule is CO[C@H](NC(C)=O)[C@@H]1CCC[C@H](C)O1. The van der Waals surface area contributed by atoms with Crippen LogP contribution in [0.4, 0.5) is 0 Å². The highest BCUT2D eigenvalue weighted by Crippen LogP contribution is 2.21. The molecule has 1 heterocycles. The van der Waals surface area contributed by atoms with Crippen molar-refractivity contribution in [3.8, 4) is 0 Å². The largest absolute Gasteiger partial charge is 0.371 e. The predicted molar refractivity (Wildman–Crippen MR) is 52.8 cm³/mol. The van der Waals surface area contributed by atoms with Gasteiger partial charge in [0.1, 0.15) is 6.10 Å². The molecule has 0 bridgehead atoms. The molecule has 14 heavy (non-hydrogen) atoms. The van der Waals surface area contributed by atoms with Crippen molar-refractivity contribution in [3.63, 3.8) is 0 Å². The Balaban J connectivity index is 2.46. The minimum absolute atomic E-state index is 0.00681. The molecule has 82 valence electrons. The summed E-state index contributed by atoms with van der Waals surface area (Å²) in [5.74, 6) is -0.0846. The van der Waals surface area contributed by atoms with Gasteiger partial charge in [0.15, 0.2) is 6.23 Å². The monoisotopic (exact) mass is 201 g/mol. The maximum atomic E-state index is 10.9. The summed E-state index contributed by atoms with van der Waals surface area (Å²) in [4.78, 5) is 10.9. The molecule has 0 aromatic heterocycles. The van der Waals surface area contributed by atoms with E-state index in [1.54, 1.807) is 7.11 Å². The molecular formula is C10H19NO3. The van der Waals surface area contributed by atoms with Crippen LogP contribution in [-0.4, -0.2) is 31.5 Å². The van der Waals surface area contributed by atoms with Crippen molar-refractivity contribution in [3.05, 3.63) is 0 Å². The van der Waals surface area contributed by atoms with Crippen LogP contribution in [0.5, 0.6) is 0 Å². The van der Waals surface area contributed by atoms with Crippen molar-refractivity contribution in [1.29, 1.82) is 0 Å². The van der Waals surface area contributed by atoms with Crippen molar-refractivity contribution in [1.82, 2.24) is 5.32 Å². The van der Waals surface area contributed by atoms with Crippen LogP contribution in [0.25, 0.3) is 0 Å². The zero-order valence-electron chi connectivity index (χ0n) is 9.08. The van der Waals surface area contributed by atoms with Gasteiger partial charge in [0, 0.05) is 14.0 Å². The summed E-state index contributed by atoms with van der Waals surface area (Å²) in [6, 6.07) is 0. The minimum Gasteiger partial charge on any atom is -0.371 e. The van der Waals surface area contributed by atoms with E-state index >= 15 is 0 Å². The van der Waals surface area contributed by atoms with Crippen molar-refractivity contribution < 1.29 is 14.3 Å². The molecular weight excluding hydrogens is 182 g/mol. The highest BCUT2D eigenvalue weighted by molar-refractivity contribution is 5.73. The maximum Gasteiger partial charge on any atom is 0.218 e. The molecule has 1 fully saturated rings. The van der Waals surface area contributed by atoms with Gasteiger partial charge in [-0.05, 0) is 26.2 Å². The first-order valence-electron chi connectivity index (χ1n) is 5.09. The van der Waals surface area contributed by atoms with Crippen LogP contribution >= 0.6 is 0 Å². The molecule has 1 saturated heterocycles. The molecule has 1 aliphatic heterocycles. The number of rotatable bonds is 3. The Hall–Kier alpha value is -0.610. The number of nitrogens with one attached hydrogen (secondary N) is 1. The summed E-state index contributed by atoms with van der Waals surface area (Å²) >= 11 is 0. The second kappa shape index (κ2) is 5.32. The lowest BCUT2D eigenvalue weighted by molar-refractivity contribution is -0.139. The van der Waals surface area contributed by atoms with E-state index in [-0.39, 0.29) is 24.3 Å². The molecule has 0 radical (unpaired) electrons. The van der Waals surface area contributed by atoms with Gasteiger partial charge in [-0.15, -0.1) is 0 Å². The molecule has 1 N–H and O–H groups in total. The zero-order valence-corrected chi connectivity index (χ0v) is 9.08. The highest BCUT2D eigenvalue weighted by atomic mass is 16.5. The van der Waals surface area contributed by atoms with Crippen molar-refractivity contribution in [2.75, 3.05) is 7.11 Å². The fraction of sp³-hybridized carbons (Fsp3) is 0.900. The van der Waals surface area contributed by atoms with Gasteiger partial charge < -0.3 is 14.8 Å². The lowest BCUT2D eigenvalue weighted by atomic mass is 10.0. The summed E-state index contributed by atoms with van der Waals surface area (Å²) < 4.78 is 10.9. The highest BCUT2D eigenvalue weighted by Gasteiger charge is 2.27. The molecule has 1 amide bonds. The van der Waals surface area contributed by atoms with Crippen LogP contribution < -0.4 is 5.32 Å². The number of ether oxygens (including phenoxy) is 2. The van der Waals surface area contributed by atoms with Crippen molar-refractivity contribution in [2.45, 2.75) is 51.5 Å². The van der Waals surface area contributed by atoms with Gasteiger partial charge in [-0.1, -0.05) is 0 Å². The number of methoxy groups -OCH3 is 1. The van der Waals surface area contributed by atoms with Crippen LogP contribution in [-0.2, 0) is 14.3 Å². The third-order valence-electron chi connectivity index (χ3n) is 2.44. The third kappa shape index (κ3) is 3.27. The average molecular weight is 201 g/mol. The summed E-state index contributed by atoms with van der Waals surface area (Å²) in [7, 11) is 1.59. The summed E-state index contributed by atoms with van der Waals surface area (Å²) in [5, 5.41) is 2.73. The quantitative estimate of drug-likeness (QED) is 0.694. The zero-order chi connectivity index (χ0) is 10.6. The Bertz CT molecular complexity index is 196.